The van der Waals surface area contributed by atoms with Crippen LogP contribution >= 0.6 is 23.4 Å². The lowest BCUT2D eigenvalue weighted by atomic mass is 10.4. The molecule has 82 valence electrons. The molecule has 0 spiro atoms. The number of halogens is 2. The SMILES string of the molecule is C=CCSCCNc1ncc(Cl)cc1F. The number of aromatic nitrogens is 1. The predicted octanol–water partition coefficient (Wildman–Crippen LogP) is 3.21. The van der Waals surface area contributed by atoms with E-state index in [9.17, 15) is 4.39 Å². The predicted molar refractivity (Wildman–Crippen MR) is 65.2 cm³/mol. The number of nitrogens with zero attached hydrogens (tertiary/aromatic N) is 1. The summed E-state index contributed by atoms with van der Waals surface area (Å²) in [5.41, 5.74) is 0. The van der Waals surface area contributed by atoms with Crippen molar-refractivity contribution in [3.8, 4) is 0 Å². The van der Waals surface area contributed by atoms with E-state index in [4.69, 9.17) is 11.6 Å². The molecule has 2 nitrogen and oxygen atoms in total. The van der Waals surface area contributed by atoms with Crippen LogP contribution in [0.2, 0.25) is 5.02 Å². The molecule has 0 fully saturated rings. The molecule has 0 unspecified atom stereocenters. The largest absolute Gasteiger partial charge is 0.367 e. The molecule has 1 aromatic heterocycles. The molecule has 0 radical (unpaired) electrons. The molecule has 1 N–H and O–H groups in total. The standard InChI is InChI=1S/C10H12ClFN2S/c1-2-4-15-5-3-13-10-9(12)6-8(11)7-14-10/h2,6-7H,1,3-5H2,(H,13,14). The van der Waals surface area contributed by atoms with Gasteiger partial charge >= 0.3 is 0 Å². The summed E-state index contributed by atoms with van der Waals surface area (Å²) in [6.45, 7) is 4.28. The van der Waals surface area contributed by atoms with Crippen molar-refractivity contribution in [2.45, 2.75) is 0 Å². The van der Waals surface area contributed by atoms with Gasteiger partial charge in [0.15, 0.2) is 11.6 Å². The lowest BCUT2D eigenvalue weighted by Gasteiger charge is -2.05. The highest BCUT2D eigenvalue weighted by atomic mass is 35.5. The lowest BCUT2D eigenvalue weighted by molar-refractivity contribution is 0.625. The van der Waals surface area contributed by atoms with Crippen LogP contribution in [0.15, 0.2) is 24.9 Å². The van der Waals surface area contributed by atoms with Gasteiger partial charge in [-0.3, -0.25) is 0 Å². The molecule has 0 aliphatic carbocycles. The fraction of sp³-hybridized carbons (Fsp3) is 0.300. The Hall–Kier alpha value is -0.740. The van der Waals surface area contributed by atoms with E-state index in [0.29, 0.717) is 11.6 Å². The van der Waals surface area contributed by atoms with Crippen LogP contribution in [0.3, 0.4) is 0 Å². The van der Waals surface area contributed by atoms with E-state index in [1.165, 1.54) is 12.3 Å². The summed E-state index contributed by atoms with van der Waals surface area (Å²) in [6.07, 6.45) is 3.26. The van der Waals surface area contributed by atoms with Crippen molar-refractivity contribution in [2.75, 3.05) is 23.4 Å². The Kier molecular flexibility index (Phi) is 5.50. The van der Waals surface area contributed by atoms with Gasteiger partial charge in [0.05, 0.1) is 5.02 Å². The number of rotatable bonds is 6. The van der Waals surface area contributed by atoms with Gasteiger partial charge in [0.1, 0.15) is 0 Å². The van der Waals surface area contributed by atoms with Crippen molar-refractivity contribution < 1.29 is 4.39 Å². The average Bonchev–Trinajstić information content (AvgIpc) is 2.20. The number of anilines is 1. The molecule has 1 aromatic rings. The van der Waals surface area contributed by atoms with Crippen molar-refractivity contribution in [2.24, 2.45) is 0 Å². The smallest absolute Gasteiger partial charge is 0.166 e. The normalized spacial score (nSPS) is 10.0. The van der Waals surface area contributed by atoms with Gasteiger partial charge in [-0.2, -0.15) is 11.8 Å². The Bertz CT molecular complexity index is 333. The molecule has 0 aliphatic heterocycles. The zero-order chi connectivity index (χ0) is 11.1. The first-order valence-electron chi connectivity index (χ1n) is 4.47. The molecule has 1 rings (SSSR count). The summed E-state index contributed by atoms with van der Waals surface area (Å²) < 4.78 is 13.2. The monoisotopic (exact) mass is 246 g/mol. The van der Waals surface area contributed by atoms with Crippen molar-refractivity contribution in [1.82, 2.24) is 4.98 Å². The Balaban J connectivity index is 2.34. The number of thioether (sulfide) groups is 1. The third-order valence-electron chi connectivity index (χ3n) is 1.58. The first kappa shape index (κ1) is 12.3. The molecule has 0 amide bonds. The van der Waals surface area contributed by atoms with E-state index in [1.807, 2.05) is 6.08 Å². The molecule has 0 saturated heterocycles. The van der Waals surface area contributed by atoms with E-state index >= 15 is 0 Å². The van der Waals surface area contributed by atoms with Gasteiger partial charge < -0.3 is 5.32 Å². The second-order valence-electron chi connectivity index (χ2n) is 2.77. The molecule has 0 aliphatic rings. The molecule has 0 bridgehead atoms. The summed E-state index contributed by atoms with van der Waals surface area (Å²) >= 11 is 7.30. The molecule has 5 heteroatoms. The molecular weight excluding hydrogens is 235 g/mol. The van der Waals surface area contributed by atoms with Crippen LogP contribution in [-0.4, -0.2) is 23.0 Å². The van der Waals surface area contributed by atoms with E-state index in [-0.39, 0.29) is 5.82 Å². The fourth-order valence-corrected chi connectivity index (χ4v) is 1.68. The minimum Gasteiger partial charge on any atom is -0.367 e. The van der Waals surface area contributed by atoms with E-state index in [0.717, 1.165) is 11.5 Å². The van der Waals surface area contributed by atoms with Crippen molar-refractivity contribution >= 4 is 29.2 Å². The zero-order valence-corrected chi connectivity index (χ0v) is 9.74. The molecule has 1 heterocycles. The van der Waals surface area contributed by atoms with Gasteiger partial charge in [-0.05, 0) is 6.07 Å². The summed E-state index contributed by atoms with van der Waals surface area (Å²) in [5, 5.41) is 3.20. The maximum absolute atomic E-state index is 13.2. The van der Waals surface area contributed by atoms with Gasteiger partial charge in [0.2, 0.25) is 0 Å². The Labute approximate surface area is 97.9 Å². The van der Waals surface area contributed by atoms with Gasteiger partial charge in [-0.1, -0.05) is 17.7 Å². The Morgan fingerprint density at radius 2 is 2.47 bits per heavy atom. The Morgan fingerprint density at radius 3 is 3.13 bits per heavy atom. The number of pyridine rings is 1. The number of hydrogen-bond acceptors (Lipinski definition) is 3. The van der Waals surface area contributed by atoms with Gasteiger partial charge in [-0.25, -0.2) is 9.37 Å². The third kappa shape index (κ3) is 4.53. The summed E-state index contributed by atoms with van der Waals surface area (Å²) in [6, 6.07) is 1.24. The van der Waals surface area contributed by atoms with Gasteiger partial charge in [0.25, 0.3) is 0 Å². The average molecular weight is 247 g/mol. The lowest BCUT2D eigenvalue weighted by Crippen LogP contribution is -2.07. The second-order valence-corrected chi connectivity index (χ2v) is 4.36. The van der Waals surface area contributed by atoms with Gasteiger partial charge in [0, 0.05) is 24.2 Å². The van der Waals surface area contributed by atoms with Crippen molar-refractivity contribution in [3.05, 3.63) is 35.8 Å². The second kappa shape index (κ2) is 6.69. The van der Waals surface area contributed by atoms with Crippen molar-refractivity contribution in [1.29, 1.82) is 0 Å². The molecule has 0 saturated carbocycles. The zero-order valence-electron chi connectivity index (χ0n) is 8.17. The first-order chi connectivity index (χ1) is 7.24. The van der Waals surface area contributed by atoms with E-state index < -0.39 is 5.82 Å². The van der Waals surface area contributed by atoms with Crippen LogP contribution < -0.4 is 5.32 Å². The highest BCUT2D eigenvalue weighted by molar-refractivity contribution is 7.99. The molecular formula is C10H12ClFN2S. The minimum atomic E-state index is -0.420. The highest BCUT2D eigenvalue weighted by Crippen LogP contribution is 2.15. The van der Waals surface area contributed by atoms with Crippen LogP contribution in [0.4, 0.5) is 10.2 Å². The maximum atomic E-state index is 13.2. The molecule has 0 atom stereocenters. The fourth-order valence-electron chi connectivity index (χ4n) is 0.953. The van der Waals surface area contributed by atoms with Crippen LogP contribution in [0.5, 0.6) is 0 Å². The molecule has 15 heavy (non-hydrogen) atoms. The summed E-state index contributed by atoms with van der Waals surface area (Å²) in [7, 11) is 0. The van der Waals surface area contributed by atoms with Crippen LogP contribution in [0.1, 0.15) is 0 Å². The van der Waals surface area contributed by atoms with Crippen LogP contribution in [-0.2, 0) is 0 Å². The van der Waals surface area contributed by atoms with E-state index in [2.05, 4.69) is 16.9 Å². The highest BCUT2D eigenvalue weighted by Gasteiger charge is 2.02. The van der Waals surface area contributed by atoms with Crippen LogP contribution in [0.25, 0.3) is 0 Å². The molecule has 0 aromatic carbocycles. The number of nitrogens with one attached hydrogen (secondary N) is 1. The van der Waals surface area contributed by atoms with Crippen LogP contribution in [0, 0.1) is 5.82 Å². The quantitative estimate of drug-likeness (QED) is 0.616. The topological polar surface area (TPSA) is 24.9 Å². The Morgan fingerprint density at radius 1 is 1.67 bits per heavy atom. The minimum absolute atomic E-state index is 0.249. The van der Waals surface area contributed by atoms with Gasteiger partial charge in [-0.15, -0.1) is 6.58 Å². The third-order valence-corrected chi connectivity index (χ3v) is 2.75. The van der Waals surface area contributed by atoms with E-state index in [1.54, 1.807) is 11.8 Å². The summed E-state index contributed by atoms with van der Waals surface area (Å²) in [5.74, 6) is 1.61. The first-order valence-corrected chi connectivity index (χ1v) is 6.01. The van der Waals surface area contributed by atoms with Crippen molar-refractivity contribution in [3.63, 3.8) is 0 Å². The maximum Gasteiger partial charge on any atom is 0.166 e. The summed E-state index contributed by atoms with van der Waals surface area (Å²) in [4.78, 5) is 3.85. The number of hydrogen-bond donors (Lipinski definition) is 1.